The largest absolute Gasteiger partial charge is 2.00 e. The zero-order valence-electron chi connectivity index (χ0n) is 9.77. The predicted molar refractivity (Wildman–Crippen MR) is 53.6 cm³/mol. The van der Waals surface area contributed by atoms with E-state index in [1.807, 2.05) is 0 Å². The average molecular weight is 330 g/mol. The summed E-state index contributed by atoms with van der Waals surface area (Å²) >= 11 is 0. The zero-order valence-corrected chi connectivity index (χ0v) is 12.7. The fourth-order valence-corrected chi connectivity index (χ4v) is 0.279. The maximum absolute atomic E-state index is 9.55. The number of rotatable bonds is 4. The molecule has 0 atom stereocenters. The number of aliphatic carboxylic acids is 4. The fourth-order valence-electron chi connectivity index (χ4n) is 0.279. The monoisotopic (exact) mass is 328 g/mol. The van der Waals surface area contributed by atoms with Crippen LogP contribution in [0, 0.1) is 0 Å². The average Bonchev–Trinajstić information content (AvgIpc) is 2.12. The quantitative estimate of drug-likeness (QED) is 0.303. The molecular weight excluding hydrogens is 317 g/mol. The third-order valence-corrected chi connectivity index (χ3v) is 0.724. The van der Waals surface area contributed by atoms with Gasteiger partial charge in [0.1, 0.15) is 0 Å². The van der Waals surface area contributed by atoms with E-state index >= 15 is 0 Å². The van der Waals surface area contributed by atoms with Crippen LogP contribution >= 0.6 is 0 Å². The first kappa shape index (κ1) is 30.2. The summed E-state index contributed by atoms with van der Waals surface area (Å²) in [5.41, 5.74) is 0. The summed E-state index contributed by atoms with van der Waals surface area (Å²) in [5.74, 6) is -5.61. The predicted octanol–water partition coefficient (Wildman–Crippen LogP) is -2.92. The second kappa shape index (κ2) is 18.3. The molecule has 0 fully saturated rings. The molecule has 104 valence electrons. The first-order valence-electron chi connectivity index (χ1n) is 3.49. The van der Waals surface area contributed by atoms with Gasteiger partial charge >= 0.3 is 31.4 Å². The van der Waals surface area contributed by atoms with Gasteiger partial charge < -0.3 is 42.3 Å². The van der Waals surface area contributed by atoms with E-state index in [9.17, 15) is 29.4 Å². The molecule has 0 saturated heterocycles. The number of carbonyl (C=O) groups is 4. The Hall–Kier alpha value is -2.10. The van der Waals surface area contributed by atoms with Gasteiger partial charge in [-0.15, -0.1) is 0 Å². The molecule has 0 aliphatic carbocycles. The van der Waals surface area contributed by atoms with Gasteiger partial charge in [-0.25, -0.2) is 9.59 Å². The van der Waals surface area contributed by atoms with Crippen molar-refractivity contribution in [1.29, 1.82) is 0 Å². The number of carbonyl (C=O) groups excluding carboxylic acids is 2. The summed E-state index contributed by atoms with van der Waals surface area (Å²) in [7, 11) is 0. The Labute approximate surface area is 120 Å². The van der Waals surface area contributed by atoms with E-state index in [2.05, 4.69) is 0 Å². The van der Waals surface area contributed by atoms with Gasteiger partial charge in [0.05, 0.1) is 11.9 Å². The van der Waals surface area contributed by atoms with Crippen LogP contribution in [0.2, 0.25) is 0 Å². The van der Waals surface area contributed by atoms with Gasteiger partial charge in [0, 0.05) is 12.2 Å². The molecule has 0 spiro atoms. The molecule has 0 aliphatic heterocycles. The van der Waals surface area contributed by atoms with Crippen molar-refractivity contribution in [2.45, 2.75) is 0 Å². The Kier molecular flexibility index (Phi) is 29.0. The molecule has 0 rings (SSSR count). The van der Waals surface area contributed by atoms with Crippen LogP contribution in [-0.4, -0.2) is 34.1 Å². The molecule has 0 bridgehead atoms. The number of carboxylic acids is 4. The van der Waals surface area contributed by atoms with Gasteiger partial charge in [-0.1, -0.05) is 0 Å². The standard InChI is InChI=1S/2C4H4O4.2H3N.Zn/c2*5-3(6)1-2-4(7)8;;;/h2*1-2H,(H,5,6)(H,7,8);2*1H3;/q;;;;+2/p-2/b2*2-1-;;;. The Morgan fingerprint density at radius 1 is 0.684 bits per heavy atom. The minimum atomic E-state index is -1.55. The second-order valence-electron chi connectivity index (χ2n) is 1.98. The Balaban J connectivity index is -0.0000000594. The summed E-state index contributed by atoms with van der Waals surface area (Å²) in [4.78, 5) is 37.9. The van der Waals surface area contributed by atoms with Crippen LogP contribution in [0.3, 0.4) is 0 Å². The summed E-state index contributed by atoms with van der Waals surface area (Å²) in [6.45, 7) is 0. The van der Waals surface area contributed by atoms with E-state index in [4.69, 9.17) is 10.2 Å². The van der Waals surface area contributed by atoms with Gasteiger partial charge in [0.2, 0.25) is 0 Å². The number of hydrogen-bond donors (Lipinski definition) is 4. The van der Waals surface area contributed by atoms with Crippen molar-refractivity contribution in [2.24, 2.45) is 0 Å². The summed E-state index contributed by atoms with van der Waals surface area (Å²) in [6.07, 6.45) is 1.88. The van der Waals surface area contributed by atoms with Crippen LogP contribution in [0.15, 0.2) is 24.3 Å². The van der Waals surface area contributed by atoms with Crippen molar-refractivity contribution in [2.75, 3.05) is 0 Å². The molecule has 0 radical (unpaired) electrons. The molecule has 0 heterocycles. The smallest absolute Gasteiger partial charge is 0.545 e. The Morgan fingerprint density at radius 2 is 0.895 bits per heavy atom. The normalized spacial score (nSPS) is 8.00. The zero-order chi connectivity index (χ0) is 13.1. The number of hydrogen-bond acceptors (Lipinski definition) is 8. The SMILES string of the molecule is N.N.O=C(O)/C=C\C(=O)O.O=C([O-])/C=C\C(=O)[O-].[Zn+2]. The van der Waals surface area contributed by atoms with Gasteiger partial charge in [0.25, 0.3) is 0 Å². The van der Waals surface area contributed by atoms with Crippen molar-refractivity contribution in [3.05, 3.63) is 24.3 Å². The van der Waals surface area contributed by atoms with E-state index in [1.165, 1.54) is 0 Å². The van der Waals surface area contributed by atoms with Gasteiger partial charge in [-0.2, -0.15) is 0 Å². The molecule has 0 aliphatic rings. The molecule has 0 aromatic heterocycles. The fraction of sp³-hybridized carbons (Fsp3) is 0. The van der Waals surface area contributed by atoms with Crippen LogP contribution < -0.4 is 22.5 Å². The van der Waals surface area contributed by atoms with Crippen LogP contribution in [-0.2, 0) is 38.7 Å². The second-order valence-corrected chi connectivity index (χ2v) is 1.98. The molecule has 0 saturated carbocycles. The van der Waals surface area contributed by atoms with Crippen molar-refractivity contribution in [1.82, 2.24) is 12.3 Å². The molecule has 10 nitrogen and oxygen atoms in total. The van der Waals surface area contributed by atoms with Crippen LogP contribution in [0.5, 0.6) is 0 Å². The summed E-state index contributed by atoms with van der Waals surface area (Å²) < 4.78 is 0. The third kappa shape index (κ3) is 49.2. The molecule has 0 aromatic rings. The van der Waals surface area contributed by atoms with Crippen molar-refractivity contribution >= 4 is 23.9 Å². The van der Waals surface area contributed by atoms with Crippen molar-refractivity contribution in [3.8, 4) is 0 Å². The van der Waals surface area contributed by atoms with Crippen molar-refractivity contribution in [3.63, 3.8) is 0 Å². The van der Waals surface area contributed by atoms with E-state index in [1.54, 1.807) is 0 Å². The van der Waals surface area contributed by atoms with E-state index in [0.29, 0.717) is 24.3 Å². The van der Waals surface area contributed by atoms with Gasteiger partial charge in [-0.3, -0.25) is 0 Å². The molecule has 8 N–H and O–H groups in total. The molecule has 19 heavy (non-hydrogen) atoms. The summed E-state index contributed by atoms with van der Waals surface area (Å²) in [6, 6.07) is 0. The topological polar surface area (TPSA) is 225 Å². The Bertz CT molecular complexity index is 287. The van der Waals surface area contributed by atoms with E-state index in [0.717, 1.165) is 0 Å². The minimum Gasteiger partial charge on any atom is -0.545 e. The number of carboxylic acid groups (broad SMARTS) is 4. The van der Waals surface area contributed by atoms with Crippen LogP contribution in [0.1, 0.15) is 0 Å². The molecule has 0 amide bonds. The first-order valence-corrected chi connectivity index (χ1v) is 3.49. The molecular formula is C8H12N2O8Zn. The summed E-state index contributed by atoms with van der Waals surface area (Å²) in [5, 5.41) is 34.5. The van der Waals surface area contributed by atoms with E-state index < -0.39 is 23.9 Å². The Morgan fingerprint density at radius 3 is 1.00 bits per heavy atom. The van der Waals surface area contributed by atoms with Gasteiger partial charge in [-0.05, 0) is 12.2 Å². The first-order chi connectivity index (χ1) is 7.25. The van der Waals surface area contributed by atoms with E-state index in [-0.39, 0.29) is 31.8 Å². The van der Waals surface area contributed by atoms with Crippen molar-refractivity contribution < 1.29 is 59.1 Å². The maximum Gasteiger partial charge on any atom is 2.00 e. The third-order valence-electron chi connectivity index (χ3n) is 0.724. The molecule has 11 heteroatoms. The minimum absolute atomic E-state index is 0. The van der Waals surface area contributed by atoms with Crippen LogP contribution in [0.4, 0.5) is 0 Å². The molecule has 0 aromatic carbocycles. The molecule has 0 unspecified atom stereocenters. The van der Waals surface area contributed by atoms with Gasteiger partial charge in [0.15, 0.2) is 0 Å². The van der Waals surface area contributed by atoms with Crippen LogP contribution in [0.25, 0.3) is 0 Å². The maximum atomic E-state index is 9.55.